The van der Waals surface area contributed by atoms with Gasteiger partial charge in [-0.3, -0.25) is 9.59 Å². The van der Waals surface area contributed by atoms with Gasteiger partial charge in [0.05, 0.1) is 7.11 Å². The average Bonchev–Trinajstić information content (AvgIpc) is 2.66. The maximum absolute atomic E-state index is 12.9. The summed E-state index contributed by atoms with van der Waals surface area (Å²) in [5.74, 6) is -0.222. The number of halogens is 1. The summed E-state index contributed by atoms with van der Waals surface area (Å²) in [5, 5.41) is 2.74. The maximum Gasteiger partial charge on any atom is 0.247 e. The molecule has 0 spiro atoms. The first kappa shape index (κ1) is 19.2. The lowest BCUT2D eigenvalue weighted by Gasteiger charge is -2.18. The number of amides is 2. The highest BCUT2D eigenvalue weighted by molar-refractivity contribution is 5.98. The van der Waals surface area contributed by atoms with Crippen LogP contribution in [0, 0.1) is 5.82 Å². The Morgan fingerprint density at radius 2 is 1.77 bits per heavy atom. The zero-order valence-corrected chi connectivity index (χ0v) is 14.7. The van der Waals surface area contributed by atoms with Gasteiger partial charge in [0.1, 0.15) is 18.1 Å². The molecule has 2 aromatic rings. The summed E-state index contributed by atoms with van der Waals surface area (Å²) in [6, 6.07) is 12.7. The second kappa shape index (κ2) is 9.36. The van der Waals surface area contributed by atoms with E-state index in [1.165, 1.54) is 23.1 Å². The molecule has 0 aliphatic rings. The summed E-state index contributed by atoms with van der Waals surface area (Å²) in [7, 11) is 1.57. The third-order valence-corrected chi connectivity index (χ3v) is 3.69. The van der Waals surface area contributed by atoms with Gasteiger partial charge in [0.25, 0.3) is 0 Å². The molecule has 2 rings (SSSR count). The SMILES string of the molecule is CCN(CC(=O)Nc1ccc(OC)cc1)C(=O)/C=C/c1ccc(F)cc1. The van der Waals surface area contributed by atoms with Gasteiger partial charge in [-0.1, -0.05) is 12.1 Å². The van der Waals surface area contributed by atoms with Gasteiger partial charge >= 0.3 is 0 Å². The van der Waals surface area contributed by atoms with Crippen molar-refractivity contribution in [3.05, 3.63) is 66.0 Å². The molecule has 0 saturated carbocycles. The quantitative estimate of drug-likeness (QED) is 0.774. The van der Waals surface area contributed by atoms with E-state index in [9.17, 15) is 14.0 Å². The zero-order chi connectivity index (χ0) is 18.9. The summed E-state index contributed by atoms with van der Waals surface area (Å²) in [5.41, 5.74) is 1.33. The van der Waals surface area contributed by atoms with E-state index in [0.717, 1.165) is 0 Å². The fourth-order valence-electron chi connectivity index (χ4n) is 2.24. The summed E-state index contributed by atoms with van der Waals surface area (Å²) in [6.07, 6.45) is 2.96. The molecule has 6 heteroatoms. The first-order chi connectivity index (χ1) is 12.5. The van der Waals surface area contributed by atoms with E-state index >= 15 is 0 Å². The van der Waals surface area contributed by atoms with Crippen LogP contribution in [0.1, 0.15) is 12.5 Å². The summed E-state index contributed by atoms with van der Waals surface area (Å²) < 4.78 is 17.9. The number of likely N-dealkylation sites (N-methyl/N-ethyl adjacent to an activating group) is 1. The Kier molecular flexibility index (Phi) is 6.91. The topological polar surface area (TPSA) is 58.6 Å². The minimum atomic E-state index is -0.334. The Labute approximate surface area is 152 Å². The molecule has 0 radical (unpaired) electrons. The van der Waals surface area contributed by atoms with Crippen molar-refractivity contribution in [2.24, 2.45) is 0 Å². The fraction of sp³-hybridized carbons (Fsp3) is 0.200. The van der Waals surface area contributed by atoms with Crippen molar-refractivity contribution in [3.8, 4) is 5.75 Å². The number of methoxy groups -OCH3 is 1. The lowest BCUT2D eigenvalue weighted by Crippen LogP contribution is -2.36. The van der Waals surface area contributed by atoms with Crippen LogP contribution in [0.25, 0.3) is 6.08 Å². The van der Waals surface area contributed by atoms with Gasteiger partial charge in [0.15, 0.2) is 0 Å². The molecule has 0 fully saturated rings. The highest BCUT2D eigenvalue weighted by atomic mass is 19.1. The number of hydrogen-bond acceptors (Lipinski definition) is 3. The second-order valence-corrected chi connectivity index (χ2v) is 5.51. The summed E-state index contributed by atoms with van der Waals surface area (Å²) in [4.78, 5) is 25.8. The standard InChI is InChI=1S/C20H21FN2O3/c1-3-23(20(25)13-6-15-4-7-16(21)8-5-15)14-19(24)22-17-9-11-18(26-2)12-10-17/h4-13H,3,14H2,1-2H3,(H,22,24)/b13-6+. The summed E-state index contributed by atoms with van der Waals surface area (Å²) >= 11 is 0. The Morgan fingerprint density at radius 3 is 2.35 bits per heavy atom. The van der Waals surface area contributed by atoms with E-state index < -0.39 is 0 Å². The molecule has 2 amide bonds. The molecular formula is C20H21FN2O3. The van der Waals surface area contributed by atoms with E-state index in [2.05, 4.69) is 5.32 Å². The zero-order valence-electron chi connectivity index (χ0n) is 14.7. The molecule has 0 aliphatic heterocycles. The average molecular weight is 356 g/mol. The van der Waals surface area contributed by atoms with Gasteiger partial charge in [-0.2, -0.15) is 0 Å². The largest absolute Gasteiger partial charge is 0.497 e. The molecule has 1 N–H and O–H groups in total. The first-order valence-electron chi connectivity index (χ1n) is 8.18. The Bertz CT molecular complexity index is 771. The predicted octanol–water partition coefficient (Wildman–Crippen LogP) is 3.33. The lowest BCUT2D eigenvalue weighted by molar-refractivity contribution is -0.130. The van der Waals surface area contributed by atoms with Crippen molar-refractivity contribution < 1.29 is 18.7 Å². The van der Waals surface area contributed by atoms with Gasteiger partial charge in [-0.15, -0.1) is 0 Å². The molecule has 0 aliphatic carbocycles. The predicted molar refractivity (Wildman–Crippen MR) is 99.3 cm³/mol. The first-order valence-corrected chi connectivity index (χ1v) is 8.18. The van der Waals surface area contributed by atoms with Crippen LogP contribution in [0.5, 0.6) is 5.75 Å². The summed E-state index contributed by atoms with van der Waals surface area (Å²) in [6.45, 7) is 2.13. The molecule has 0 unspecified atom stereocenters. The van der Waals surface area contributed by atoms with Crippen LogP contribution in [-0.2, 0) is 9.59 Å². The molecule has 136 valence electrons. The highest BCUT2D eigenvalue weighted by Gasteiger charge is 2.13. The number of benzene rings is 2. The van der Waals surface area contributed by atoms with E-state index in [-0.39, 0.29) is 24.2 Å². The number of ether oxygens (including phenoxy) is 1. The molecule has 0 atom stereocenters. The molecule has 0 heterocycles. The Hall–Kier alpha value is -3.15. The normalized spacial score (nSPS) is 10.6. The minimum Gasteiger partial charge on any atom is -0.497 e. The number of hydrogen-bond donors (Lipinski definition) is 1. The molecule has 0 bridgehead atoms. The number of rotatable bonds is 7. The Balaban J connectivity index is 1.92. The molecular weight excluding hydrogens is 335 g/mol. The minimum absolute atomic E-state index is 0.0604. The van der Waals surface area contributed by atoms with Crippen LogP contribution in [0.2, 0.25) is 0 Å². The van der Waals surface area contributed by atoms with Crippen LogP contribution in [0.3, 0.4) is 0 Å². The third kappa shape index (κ3) is 5.73. The van der Waals surface area contributed by atoms with Crippen molar-refractivity contribution in [3.63, 3.8) is 0 Å². The van der Waals surface area contributed by atoms with Crippen molar-refractivity contribution in [1.82, 2.24) is 4.90 Å². The van der Waals surface area contributed by atoms with Gasteiger partial charge in [0, 0.05) is 18.3 Å². The van der Waals surface area contributed by atoms with Gasteiger partial charge in [-0.25, -0.2) is 4.39 Å². The molecule has 5 nitrogen and oxygen atoms in total. The van der Waals surface area contributed by atoms with Crippen molar-refractivity contribution in [1.29, 1.82) is 0 Å². The molecule has 26 heavy (non-hydrogen) atoms. The van der Waals surface area contributed by atoms with E-state index in [1.807, 2.05) is 0 Å². The van der Waals surface area contributed by atoms with Crippen LogP contribution >= 0.6 is 0 Å². The fourth-order valence-corrected chi connectivity index (χ4v) is 2.24. The number of carbonyl (C=O) groups excluding carboxylic acids is 2. The van der Waals surface area contributed by atoms with Crippen molar-refractivity contribution >= 4 is 23.6 Å². The molecule has 0 saturated heterocycles. The third-order valence-electron chi connectivity index (χ3n) is 3.69. The number of carbonyl (C=O) groups is 2. The number of nitrogens with zero attached hydrogens (tertiary/aromatic N) is 1. The van der Waals surface area contributed by atoms with Gasteiger partial charge in [0.2, 0.25) is 11.8 Å². The van der Waals surface area contributed by atoms with E-state index in [1.54, 1.807) is 56.5 Å². The highest BCUT2D eigenvalue weighted by Crippen LogP contribution is 2.15. The smallest absolute Gasteiger partial charge is 0.247 e. The van der Waals surface area contributed by atoms with Crippen LogP contribution < -0.4 is 10.1 Å². The van der Waals surface area contributed by atoms with E-state index in [0.29, 0.717) is 23.5 Å². The molecule has 2 aromatic carbocycles. The Morgan fingerprint density at radius 1 is 1.12 bits per heavy atom. The van der Waals surface area contributed by atoms with Gasteiger partial charge in [-0.05, 0) is 55.0 Å². The van der Waals surface area contributed by atoms with Crippen molar-refractivity contribution in [2.75, 3.05) is 25.5 Å². The molecule has 0 aromatic heterocycles. The van der Waals surface area contributed by atoms with Crippen molar-refractivity contribution in [2.45, 2.75) is 6.92 Å². The lowest BCUT2D eigenvalue weighted by atomic mass is 10.2. The van der Waals surface area contributed by atoms with Crippen LogP contribution in [-0.4, -0.2) is 36.9 Å². The number of nitrogens with one attached hydrogen (secondary N) is 1. The number of anilines is 1. The van der Waals surface area contributed by atoms with E-state index in [4.69, 9.17) is 4.74 Å². The van der Waals surface area contributed by atoms with Gasteiger partial charge < -0.3 is 15.0 Å². The monoisotopic (exact) mass is 356 g/mol. The van der Waals surface area contributed by atoms with Crippen LogP contribution in [0.15, 0.2) is 54.6 Å². The van der Waals surface area contributed by atoms with Crippen LogP contribution in [0.4, 0.5) is 10.1 Å². The second-order valence-electron chi connectivity index (χ2n) is 5.51. The maximum atomic E-state index is 12.9.